The average molecular weight is 298 g/mol. The number of nitrogens with zero attached hydrogens (tertiary/aromatic N) is 3. The molecule has 0 spiro atoms. The molecule has 0 radical (unpaired) electrons. The summed E-state index contributed by atoms with van der Waals surface area (Å²) in [7, 11) is 0. The van der Waals surface area contributed by atoms with Crippen molar-refractivity contribution in [3.05, 3.63) is 23.7 Å². The van der Waals surface area contributed by atoms with E-state index in [0.29, 0.717) is 5.88 Å². The summed E-state index contributed by atoms with van der Waals surface area (Å²) in [5.74, 6) is 2.88. The molecule has 104 valence electrons. The number of unbranched alkanes of at least 4 members (excludes halogenated alkanes) is 1. The van der Waals surface area contributed by atoms with Gasteiger partial charge in [0.05, 0.1) is 0 Å². The molecule has 0 atom stereocenters. The highest BCUT2D eigenvalue weighted by molar-refractivity contribution is 7.98. The van der Waals surface area contributed by atoms with Crippen LogP contribution in [0.2, 0.25) is 0 Å². The predicted molar refractivity (Wildman–Crippen MR) is 84.3 cm³/mol. The van der Waals surface area contributed by atoms with Crippen LogP contribution in [0.1, 0.15) is 24.2 Å². The molecule has 0 aromatic carbocycles. The van der Waals surface area contributed by atoms with Crippen LogP contribution in [0.4, 0.5) is 0 Å². The zero-order chi connectivity index (χ0) is 13.7. The summed E-state index contributed by atoms with van der Waals surface area (Å²) >= 11 is 7.78. The van der Waals surface area contributed by atoms with Crippen LogP contribution in [-0.4, -0.2) is 32.4 Å². The lowest BCUT2D eigenvalue weighted by Gasteiger charge is -2.07. The average Bonchev–Trinajstić information content (AvgIpc) is 2.75. The number of fused-ring (bicyclic) bond motifs is 1. The number of alkyl halides is 1. The van der Waals surface area contributed by atoms with E-state index in [1.807, 2.05) is 24.0 Å². The van der Waals surface area contributed by atoms with Gasteiger partial charge in [-0.15, -0.1) is 11.6 Å². The van der Waals surface area contributed by atoms with Crippen LogP contribution in [-0.2, 0) is 13.0 Å². The molecule has 0 bridgehead atoms. The summed E-state index contributed by atoms with van der Waals surface area (Å²) in [4.78, 5) is 9.21. The van der Waals surface area contributed by atoms with Gasteiger partial charge in [0.2, 0.25) is 0 Å². The van der Waals surface area contributed by atoms with Crippen LogP contribution in [0.3, 0.4) is 0 Å². The summed E-state index contributed by atoms with van der Waals surface area (Å²) in [5.41, 5.74) is 3.21. The molecule has 0 N–H and O–H groups in total. The molecule has 0 saturated carbocycles. The van der Waals surface area contributed by atoms with Crippen molar-refractivity contribution in [2.24, 2.45) is 0 Å². The maximum absolute atomic E-state index is 5.88. The minimum absolute atomic E-state index is 0.604. The van der Waals surface area contributed by atoms with Gasteiger partial charge in [0.1, 0.15) is 11.3 Å². The third-order valence-electron chi connectivity index (χ3n) is 3.21. The highest BCUT2D eigenvalue weighted by Crippen LogP contribution is 2.19. The van der Waals surface area contributed by atoms with E-state index in [1.165, 1.54) is 17.7 Å². The zero-order valence-electron chi connectivity index (χ0n) is 11.5. The molecule has 3 nitrogen and oxygen atoms in total. The van der Waals surface area contributed by atoms with Gasteiger partial charge in [-0.05, 0) is 43.4 Å². The highest BCUT2D eigenvalue weighted by atomic mass is 35.5. The van der Waals surface area contributed by atoms with Crippen LogP contribution >= 0.6 is 23.4 Å². The van der Waals surface area contributed by atoms with Crippen molar-refractivity contribution in [2.75, 3.05) is 17.9 Å². The Labute approximate surface area is 123 Å². The Balaban J connectivity index is 2.27. The maximum atomic E-state index is 5.88. The first kappa shape index (κ1) is 14.7. The fourth-order valence-electron chi connectivity index (χ4n) is 2.21. The molecule has 2 aromatic rings. The maximum Gasteiger partial charge on any atom is 0.160 e. The summed E-state index contributed by atoms with van der Waals surface area (Å²) in [6.07, 6.45) is 7.21. The number of thioether (sulfide) groups is 1. The van der Waals surface area contributed by atoms with Gasteiger partial charge in [0.25, 0.3) is 0 Å². The Hall–Kier alpha value is -0.740. The Morgan fingerprint density at radius 1 is 1.37 bits per heavy atom. The third kappa shape index (κ3) is 3.42. The van der Waals surface area contributed by atoms with Gasteiger partial charge < -0.3 is 4.57 Å². The van der Waals surface area contributed by atoms with Crippen molar-refractivity contribution in [1.82, 2.24) is 14.5 Å². The van der Waals surface area contributed by atoms with Crippen LogP contribution < -0.4 is 0 Å². The number of aryl methyl sites for hydroxylation is 3. The fourth-order valence-corrected chi connectivity index (χ4v) is 2.87. The summed E-state index contributed by atoms with van der Waals surface area (Å²) in [5, 5.41) is 0. The van der Waals surface area contributed by atoms with Crippen molar-refractivity contribution < 1.29 is 0 Å². The molecule has 0 amide bonds. The SMILES string of the molecule is CSCCCCn1c(CCCl)nc2c(C)ccnc21. The fraction of sp³-hybridized carbons (Fsp3) is 0.571. The van der Waals surface area contributed by atoms with Crippen LogP contribution in [0.5, 0.6) is 0 Å². The molecule has 0 aliphatic rings. The molecular weight excluding hydrogens is 278 g/mol. The van der Waals surface area contributed by atoms with Gasteiger partial charge in [0, 0.05) is 25.0 Å². The second-order valence-corrected chi connectivity index (χ2v) is 5.98. The summed E-state index contributed by atoms with van der Waals surface area (Å²) in [6, 6.07) is 2.01. The second-order valence-electron chi connectivity index (χ2n) is 4.62. The minimum Gasteiger partial charge on any atom is -0.313 e. The van der Waals surface area contributed by atoms with E-state index in [9.17, 15) is 0 Å². The lowest BCUT2D eigenvalue weighted by atomic mass is 10.3. The molecule has 2 rings (SSSR count). The lowest BCUT2D eigenvalue weighted by Crippen LogP contribution is -2.06. The van der Waals surface area contributed by atoms with Crippen molar-refractivity contribution in [3.8, 4) is 0 Å². The zero-order valence-corrected chi connectivity index (χ0v) is 13.1. The number of hydrogen-bond donors (Lipinski definition) is 0. The molecule has 5 heteroatoms. The largest absolute Gasteiger partial charge is 0.313 e. The van der Waals surface area contributed by atoms with E-state index in [1.54, 1.807) is 0 Å². The molecule has 0 aliphatic carbocycles. The predicted octanol–water partition coefficient (Wildman–Crippen LogP) is 3.66. The van der Waals surface area contributed by atoms with Crippen molar-refractivity contribution >= 4 is 34.5 Å². The topological polar surface area (TPSA) is 30.7 Å². The van der Waals surface area contributed by atoms with Crippen molar-refractivity contribution in [3.63, 3.8) is 0 Å². The van der Waals surface area contributed by atoms with Gasteiger partial charge in [-0.25, -0.2) is 9.97 Å². The monoisotopic (exact) mass is 297 g/mol. The van der Waals surface area contributed by atoms with Crippen LogP contribution in [0.25, 0.3) is 11.2 Å². The van der Waals surface area contributed by atoms with E-state index in [0.717, 1.165) is 36.4 Å². The number of aromatic nitrogens is 3. The summed E-state index contributed by atoms with van der Waals surface area (Å²) in [6.45, 7) is 3.07. The third-order valence-corrected chi connectivity index (χ3v) is 4.10. The molecule has 0 saturated heterocycles. The van der Waals surface area contributed by atoms with Crippen molar-refractivity contribution in [1.29, 1.82) is 0 Å². The number of pyridine rings is 1. The number of halogens is 1. The second kappa shape index (κ2) is 7.15. The molecule has 0 fully saturated rings. The Kier molecular flexibility index (Phi) is 5.52. The van der Waals surface area contributed by atoms with Gasteiger partial charge in [-0.1, -0.05) is 0 Å². The Morgan fingerprint density at radius 2 is 2.21 bits per heavy atom. The van der Waals surface area contributed by atoms with E-state index >= 15 is 0 Å². The molecule has 0 unspecified atom stereocenters. The first-order valence-electron chi connectivity index (χ1n) is 6.63. The number of imidazole rings is 1. The highest BCUT2D eigenvalue weighted by Gasteiger charge is 2.12. The smallest absolute Gasteiger partial charge is 0.160 e. The lowest BCUT2D eigenvalue weighted by molar-refractivity contribution is 0.619. The van der Waals surface area contributed by atoms with Gasteiger partial charge >= 0.3 is 0 Å². The minimum atomic E-state index is 0.604. The molecule has 19 heavy (non-hydrogen) atoms. The van der Waals surface area contributed by atoms with E-state index in [2.05, 4.69) is 22.7 Å². The normalized spacial score (nSPS) is 11.3. The number of hydrogen-bond acceptors (Lipinski definition) is 3. The van der Waals surface area contributed by atoms with Gasteiger partial charge in [-0.3, -0.25) is 0 Å². The molecule has 2 aromatic heterocycles. The Morgan fingerprint density at radius 3 is 2.95 bits per heavy atom. The first-order valence-corrected chi connectivity index (χ1v) is 8.56. The number of rotatable bonds is 7. The molecule has 0 aliphatic heterocycles. The molecule has 2 heterocycles. The van der Waals surface area contributed by atoms with Gasteiger partial charge in [0.15, 0.2) is 5.65 Å². The van der Waals surface area contributed by atoms with Crippen LogP contribution in [0, 0.1) is 6.92 Å². The van der Waals surface area contributed by atoms with Gasteiger partial charge in [-0.2, -0.15) is 11.8 Å². The van der Waals surface area contributed by atoms with E-state index in [-0.39, 0.29) is 0 Å². The molecular formula is C14H20ClN3S. The van der Waals surface area contributed by atoms with E-state index < -0.39 is 0 Å². The summed E-state index contributed by atoms with van der Waals surface area (Å²) < 4.78 is 2.24. The van der Waals surface area contributed by atoms with Crippen LogP contribution in [0.15, 0.2) is 12.3 Å². The standard InChI is InChI=1S/C14H20ClN3S/c1-11-6-8-16-14-13(11)17-12(5-7-15)18(14)9-3-4-10-19-2/h6,8H,3-5,7,9-10H2,1-2H3. The Bertz CT molecular complexity index is 539. The van der Waals surface area contributed by atoms with Crippen molar-refractivity contribution in [2.45, 2.75) is 32.7 Å². The quantitative estimate of drug-likeness (QED) is 0.577. The first-order chi connectivity index (χ1) is 9.27. The van der Waals surface area contributed by atoms with E-state index in [4.69, 9.17) is 16.6 Å².